The van der Waals surface area contributed by atoms with Gasteiger partial charge in [0, 0.05) is 16.0 Å². The number of nitrogens with two attached hydrogens (primary N) is 1. The van der Waals surface area contributed by atoms with Gasteiger partial charge in [-0.25, -0.2) is 0 Å². The van der Waals surface area contributed by atoms with Gasteiger partial charge in [-0.1, -0.05) is 29.5 Å². The van der Waals surface area contributed by atoms with Crippen LogP contribution in [0.25, 0.3) is 0 Å². The Bertz CT molecular complexity index is 713. The van der Waals surface area contributed by atoms with E-state index in [2.05, 4.69) is 17.2 Å². The number of benzene rings is 1. The maximum Gasteiger partial charge on any atom is 0.251 e. The van der Waals surface area contributed by atoms with Crippen LogP contribution in [0.15, 0.2) is 30.3 Å². The van der Waals surface area contributed by atoms with Gasteiger partial charge in [0.05, 0.1) is 17.4 Å². The summed E-state index contributed by atoms with van der Waals surface area (Å²) in [6.45, 7) is 2.67. The summed E-state index contributed by atoms with van der Waals surface area (Å²) in [6.07, 6.45) is 0. The monoisotopic (exact) mass is 318 g/mol. The Morgan fingerprint density at radius 3 is 2.86 bits per heavy atom. The molecule has 108 valence electrons. The summed E-state index contributed by atoms with van der Waals surface area (Å²) in [6, 6.07) is 9.28. The Labute approximate surface area is 133 Å². The first-order chi connectivity index (χ1) is 10.1. The molecule has 2 aromatic rings. The van der Waals surface area contributed by atoms with Crippen LogP contribution in [0.4, 0.5) is 0 Å². The number of hydrogen-bond donors (Lipinski definition) is 2. The van der Waals surface area contributed by atoms with Crippen LogP contribution < -0.4 is 11.1 Å². The molecule has 3 N–H and O–H groups in total. The van der Waals surface area contributed by atoms with E-state index in [1.807, 2.05) is 31.2 Å². The van der Waals surface area contributed by atoms with Crippen LogP contribution >= 0.6 is 22.9 Å². The van der Waals surface area contributed by atoms with Crippen molar-refractivity contribution in [3.8, 4) is 11.8 Å². The Kier molecular flexibility index (Phi) is 5.40. The summed E-state index contributed by atoms with van der Waals surface area (Å²) in [7, 11) is 0. The summed E-state index contributed by atoms with van der Waals surface area (Å²) in [4.78, 5) is 13.3. The van der Waals surface area contributed by atoms with E-state index >= 15 is 0 Å². The molecule has 2 rings (SSSR count). The summed E-state index contributed by atoms with van der Waals surface area (Å²) in [5.41, 5.74) is 7.68. The highest BCUT2D eigenvalue weighted by molar-refractivity contribution is 7.16. The Morgan fingerprint density at radius 2 is 2.19 bits per heavy atom. The summed E-state index contributed by atoms with van der Waals surface area (Å²) in [5, 5.41) is 2.89. The number of thiophene rings is 1. The zero-order valence-electron chi connectivity index (χ0n) is 11.6. The minimum atomic E-state index is -0.117. The highest BCUT2D eigenvalue weighted by Gasteiger charge is 2.10. The maximum absolute atomic E-state index is 12.3. The Morgan fingerprint density at radius 1 is 1.38 bits per heavy atom. The van der Waals surface area contributed by atoms with Gasteiger partial charge in [0.2, 0.25) is 0 Å². The fraction of sp³-hybridized carbons (Fsp3) is 0.188. The lowest BCUT2D eigenvalue weighted by Gasteiger charge is -2.07. The van der Waals surface area contributed by atoms with E-state index < -0.39 is 0 Å². The van der Waals surface area contributed by atoms with E-state index in [9.17, 15) is 4.79 Å². The van der Waals surface area contributed by atoms with Crippen molar-refractivity contribution in [1.29, 1.82) is 0 Å². The lowest BCUT2D eigenvalue weighted by molar-refractivity contribution is 0.0950. The molecule has 0 fully saturated rings. The van der Waals surface area contributed by atoms with Crippen LogP contribution in [-0.2, 0) is 6.54 Å². The van der Waals surface area contributed by atoms with Crippen LogP contribution in [0.2, 0.25) is 4.34 Å². The molecular weight excluding hydrogens is 304 g/mol. The van der Waals surface area contributed by atoms with Crippen LogP contribution in [-0.4, -0.2) is 12.5 Å². The van der Waals surface area contributed by atoms with E-state index in [0.29, 0.717) is 18.7 Å². The van der Waals surface area contributed by atoms with Crippen molar-refractivity contribution < 1.29 is 4.79 Å². The molecule has 0 spiro atoms. The number of amides is 1. The zero-order valence-corrected chi connectivity index (χ0v) is 13.1. The molecule has 3 nitrogen and oxygen atoms in total. The van der Waals surface area contributed by atoms with Gasteiger partial charge >= 0.3 is 0 Å². The minimum absolute atomic E-state index is 0.117. The second kappa shape index (κ2) is 7.28. The number of aryl methyl sites for hydroxylation is 1. The smallest absolute Gasteiger partial charge is 0.251 e. The SMILES string of the molecule is Cc1ccc(C#CCN)cc1C(=O)NCc1ccc(Cl)s1. The molecule has 0 bridgehead atoms. The summed E-state index contributed by atoms with van der Waals surface area (Å²) < 4.78 is 0.717. The van der Waals surface area contributed by atoms with Gasteiger partial charge in [-0.3, -0.25) is 4.79 Å². The van der Waals surface area contributed by atoms with E-state index in [4.69, 9.17) is 17.3 Å². The zero-order chi connectivity index (χ0) is 15.2. The van der Waals surface area contributed by atoms with Crippen LogP contribution in [0, 0.1) is 18.8 Å². The van der Waals surface area contributed by atoms with Crippen LogP contribution in [0.3, 0.4) is 0 Å². The Balaban J connectivity index is 2.10. The van der Waals surface area contributed by atoms with Crippen molar-refractivity contribution in [2.45, 2.75) is 13.5 Å². The minimum Gasteiger partial charge on any atom is -0.347 e. The molecule has 0 unspecified atom stereocenters. The highest BCUT2D eigenvalue weighted by atomic mass is 35.5. The summed E-state index contributed by atoms with van der Waals surface area (Å²) in [5.74, 6) is 5.60. The lowest BCUT2D eigenvalue weighted by atomic mass is 10.0. The Hall–Kier alpha value is -1.80. The van der Waals surface area contributed by atoms with Crippen molar-refractivity contribution in [2.24, 2.45) is 5.73 Å². The van der Waals surface area contributed by atoms with Gasteiger partial charge in [-0.05, 0) is 36.8 Å². The van der Waals surface area contributed by atoms with Gasteiger partial charge in [-0.15, -0.1) is 11.3 Å². The van der Waals surface area contributed by atoms with Gasteiger partial charge < -0.3 is 11.1 Å². The van der Waals surface area contributed by atoms with Crippen LogP contribution in [0.1, 0.15) is 26.4 Å². The molecule has 0 aliphatic rings. The third-order valence-electron chi connectivity index (χ3n) is 2.87. The lowest BCUT2D eigenvalue weighted by Crippen LogP contribution is -2.23. The van der Waals surface area contributed by atoms with E-state index in [1.54, 1.807) is 6.07 Å². The van der Waals surface area contributed by atoms with Crippen molar-refractivity contribution >= 4 is 28.8 Å². The topological polar surface area (TPSA) is 55.1 Å². The average molecular weight is 319 g/mol. The molecule has 1 aromatic carbocycles. The first-order valence-electron chi connectivity index (χ1n) is 6.42. The van der Waals surface area contributed by atoms with Gasteiger partial charge in [0.1, 0.15) is 0 Å². The van der Waals surface area contributed by atoms with Crippen molar-refractivity contribution in [2.75, 3.05) is 6.54 Å². The standard InChI is InChI=1S/C16H15ClN2OS/c1-11-4-5-12(3-2-8-18)9-14(11)16(20)19-10-13-6-7-15(17)21-13/h4-7,9H,8,10,18H2,1H3,(H,19,20). The predicted octanol–water partition coefficient (Wildman–Crippen LogP) is 2.95. The van der Waals surface area contributed by atoms with E-state index in [1.165, 1.54) is 11.3 Å². The van der Waals surface area contributed by atoms with Crippen molar-refractivity contribution in [3.05, 3.63) is 56.2 Å². The molecule has 1 amide bonds. The fourth-order valence-corrected chi connectivity index (χ4v) is 2.83. The molecule has 5 heteroatoms. The van der Waals surface area contributed by atoms with E-state index in [-0.39, 0.29) is 5.91 Å². The molecule has 1 heterocycles. The number of halogens is 1. The maximum atomic E-state index is 12.3. The number of carbonyl (C=O) groups is 1. The highest BCUT2D eigenvalue weighted by Crippen LogP contribution is 2.21. The van der Waals surface area contributed by atoms with E-state index in [0.717, 1.165) is 20.3 Å². The first kappa shape index (κ1) is 15.6. The normalized spacial score (nSPS) is 9.86. The van der Waals surface area contributed by atoms with Crippen molar-refractivity contribution in [3.63, 3.8) is 0 Å². The van der Waals surface area contributed by atoms with Gasteiger partial charge in [0.15, 0.2) is 0 Å². The predicted molar refractivity (Wildman–Crippen MR) is 87.6 cm³/mol. The third kappa shape index (κ3) is 4.33. The number of hydrogen-bond acceptors (Lipinski definition) is 3. The molecular formula is C16H15ClN2OS. The van der Waals surface area contributed by atoms with Crippen molar-refractivity contribution in [1.82, 2.24) is 5.32 Å². The average Bonchev–Trinajstić information content (AvgIpc) is 2.89. The molecule has 0 atom stereocenters. The second-order valence-electron chi connectivity index (χ2n) is 4.42. The number of carbonyl (C=O) groups excluding carboxylic acids is 1. The number of rotatable bonds is 3. The summed E-state index contributed by atoms with van der Waals surface area (Å²) >= 11 is 7.33. The molecule has 0 aliphatic carbocycles. The molecule has 0 aliphatic heterocycles. The second-order valence-corrected chi connectivity index (χ2v) is 6.22. The quantitative estimate of drug-likeness (QED) is 0.855. The van der Waals surface area contributed by atoms with Crippen LogP contribution in [0.5, 0.6) is 0 Å². The van der Waals surface area contributed by atoms with Gasteiger partial charge in [0.25, 0.3) is 5.91 Å². The fourth-order valence-electron chi connectivity index (χ4n) is 1.81. The molecule has 0 radical (unpaired) electrons. The molecule has 0 saturated carbocycles. The number of nitrogens with one attached hydrogen (secondary N) is 1. The van der Waals surface area contributed by atoms with Gasteiger partial charge in [-0.2, -0.15) is 0 Å². The largest absolute Gasteiger partial charge is 0.347 e. The third-order valence-corrected chi connectivity index (χ3v) is 4.10. The molecule has 21 heavy (non-hydrogen) atoms. The molecule has 1 aromatic heterocycles. The molecule has 0 saturated heterocycles. The first-order valence-corrected chi connectivity index (χ1v) is 7.61.